The lowest BCUT2D eigenvalue weighted by Crippen LogP contribution is -2.36. The molecule has 4 rings (SSSR count). The van der Waals surface area contributed by atoms with Gasteiger partial charge >= 0.3 is 5.97 Å². The van der Waals surface area contributed by atoms with Gasteiger partial charge in [0.2, 0.25) is 0 Å². The molecule has 1 heterocycles. The molecule has 1 aliphatic heterocycles. The fourth-order valence-electron chi connectivity index (χ4n) is 4.57. The lowest BCUT2D eigenvalue weighted by Gasteiger charge is -2.36. The molecule has 7 nitrogen and oxygen atoms in total. The molecule has 164 valence electrons. The number of methoxy groups -OCH3 is 1. The highest BCUT2D eigenvalue weighted by molar-refractivity contribution is 6.31. The molecule has 2 aliphatic rings. The molecule has 2 aromatic rings. The van der Waals surface area contributed by atoms with E-state index in [9.17, 15) is 19.7 Å². The zero-order chi connectivity index (χ0) is 23.0. The van der Waals surface area contributed by atoms with E-state index in [1.165, 1.54) is 19.2 Å². The lowest BCUT2D eigenvalue weighted by atomic mass is 9.71. The Morgan fingerprint density at radius 1 is 1.16 bits per heavy atom. The maximum Gasteiger partial charge on any atom is 0.336 e. The molecule has 1 N–H and O–H groups in total. The van der Waals surface area contributed by atoms with Gasteiger partial charge in [0.1, 0.15) is 0 Å². The number of rotatable bonds is 4. The number of ketones is 1. The number of esters is 1. The number of allylic oxidation sites excluding steroid dienone is 3. The van der Waals surface area contributed by atoms with Crippen LogP contribution in [0.25, 0.3) is 0 Å². The number of nitro groups is 1. The van der Waals surface area contributed by atoms with Gasteiger partial charge in [-0.15, -0.1) is 0 Å². The quantitative estimate of drug-likeness (QED) is 0.407. The number of halogens is 1. The van der Waals surface area contributed by atoms with Gasteiger partial charge < -0.3 is 10.1 Å². The van der Waals surface area contributed by atoms with Crippen molar-refractivity contribution in [2.75, 3.05) is 7.11 Å². The Hall–Kier alpha value is -3.45. The molecule has 0 radical (unpaired) electrons. The normalized spacial score (nSPS) is 20.5. The van der Waals surface area contributed by atoms with Crippen LogP contribution in [0.15, 0.2) is 71.1 Å². The summed E-state index contributed by atoms with van der Waals surface area (Å²) in [6, 6.07) is 13.4. The summed E-state index contributed by atoms with van der Waals surface area (Å²) in [4.78, 5) is 36.7. The number of nitrogens with one attached hydrogen (secondary N) is 1. The van der Waals surface area contributed by atoms with Crippen molar-refractivity contribution in [3.63, 3.8) is 0 Å². The number of dihydropyridines is 1. The molecule has 32 heavy (non-hydrogen) atoms. The van der Waals surface area contributed by atoms with Crippen LogP contribution < -0.4 is 5.32 Å². The van der Waals surface area contributed by atoms with Gasteiger partial charge in [-0.05, 0) is 36.5 Å². The molecule has 0 unspecified atom stereocenters. The standard InChI is InChI=1S/C24H21ClN2O5/c1-13-21(24(29)32-2)22(14-7-9-16(10-8-14)27(30)31)23-19(26-13)11-15(12-20(23)28)17-5-3-4-6-18(17)25/h3-10,15,22,26H,11-12H2,1-2H3/t15-,22+/m0/s1. The largest absolute Gasteiger partial charge is 0.466 e. The number of benzene rings is 2. The Bertz CT molecular complexity index is 1180. The minimum atomic E-state index is -0.667. The maximum absolute atomic E-state index is 13.4. The highest BCUT2D eigenvalue weighted by atomic mass is 35.5. The van der Waals surface area contributed by atoms with Crippen LogP contribution in [-0.2, 0) is 14.3 Å². The van der Waals surface area contributed by atoms with E-state index in [0.717, 1.165) is 11.3 Å². The van der Waals surface area contributed by atoms with E-state index in [2.05, 4.69) is 5.32 Å². The number of ether oxygens (including phenoxy) is 1. The van der Waals surface area contributed by atoms with E-state index in [-0.39, 0.29) is 23.8 Å². The number of Topliss-reactive ketones (excluding diaryl/α,β-unsaturated/α-hetero) is 1. The van der Waals surface area contributed by atoms with Crippen LogP contribution in [0.3, 0.4) is 0 Å². The first-order chi connectivity index (χ1) is 15.3. The minimum Gasteiger partial charge on any atom is -0.466 e. The molecule has 2 aromatic carbocycles. The van der Waals surface area contributed by atoms with Crippen LogP contribution in [0.1, 0.15) is 42.7 Å². The Labute approximate surface area is 189 Å². The fraction of sp³-hybridized carbons (Fsp3) is 0.250. The molecule has 2 atom stereocenters. The van der Waals surface area contributed by atoms with Crippen LogP contribution in [0.4, 0.5) is 5.69 Å². The molecule has 0 aromatic heterocycles. The van der Waals surface area contributed by atoms with E-state index in [1.54, 1.807) is 25.1 Å². The summed E-state index contributed by atoms with van der Waals surface area (Å²) < 4.78 is 5.00. The Kier molecular flexibility index (Phi) is 5.84. The van der Waals surface area contributed by atoms with Gasteiger partial charge in [-0.25, -0.2) is 4.79 Å². The molecule has 8 heteroatoms. The van der Waals surface area contributed by atoms with Gasteiger partial charge in [-0.1, -0.05) is 41.9 Å². The monoisotopic (exact) mass is 452 g/mol. The zero-order valence-electron chi connectivity index (χ0n) is 17.6. The van der Waals surface area contributed by atoms with E-state index in [0.29, 0.717) is 33.9 Å². The molecular formula is C24H21ClN2O5. The van der Waals surface area contributed by atoms with Crippen molar-refractivity contribution in [1.82, 2.24) is 5.32 Å². The molecule has 0 bridgehead atoms. The predicted molar refractivity (Wildman–Crippen MR) is 119 cm³/mol. The number of hydrogen-bond donors (Lipinski definition) is 1. The maximum atomic E-state index is 13.4. The third-order valence-electron chi connectivity index (χ3n) is 6.02. The second kappa shape index (κ2) is 8.59. The third kappa shape index (κ3) is 3.80. The fourth-order valence-corrected chi connectivity index (χ4v) is 4.86. The summed E-state index contributed by atoms with van der Waals surface area (Å²) in [7, 11) is 1.29. The van der Waals surface area contributed by atoms with Crippen molar-refractivity contribution in [1.29, 1.82) is 0 Å². The first kappa shape index (κ1) is 21.8. The third-order valence-corrected chi connectivity index (χ3v) is 6.36. The van der Waals surface area contributed by atoms with E-state index in [4.69, 9.17) is 16.3 Å². The smallest absolute Gasteiger partial charge is 0.336 e. The van der Waals surface area contributed by atoms with Gasteiger partial charge in [-0.3, -0.25) is 14.9 Å². The van der Waals surface area contributed by atoms with Crippen LogP contribution in [0.2, 0.25) is 5.02 Å². The Morgan fingerprint density at radius 2 is 1.84 bits per heavy atom. The zero-order valence-corrected chi connectivity index (χ0v) is 18.3. The molecule has 1 aliphatic carbocycles. The van der Waals surface area contributed by atoms with Crippen molar-refractivity contribution in [3.8, 4) is 0 Å². The van der Waals surface area contributed by atoms with Gasteiger partial charge in [0, 0.05) is 46.5 Å². The second-order valence-electron chi connectivity index (χ2n) is 7.88. The van der Waals surface area contributed by atoms with Gasteiger partial charge in [0.15, 0.2) is 5.78 Å². The summed E-state index contributed by atoms with van der Waals surface area (Å²) in [6.07, 6.45) is 0.807. The summed E-state index contributed by atoms with van der Waals surface area (Å²) in [5.74, 6) is -1.40. The molecule has 0 fully saturated rings. The van der Waals surface area contributed by atoms with Gasteiger partial charge in [0.25, 0.3) is 5.69 Å². The number of nitrogens with zero attached hydrogens (tertiary/aromatic N) is 1. The van der Waals surface area contributed by atoms with Crippen LogP contribution >= 0.6 is 11.6 Å². The molecule has 0 saturated carbocycles. The molecular weight excluding hydrogens is 432 g/mol. The highest BCUT2D eigenvalue weighted by Crippen LogP contribution is 2.46. The first-order valence-corrected chi connectivity index (χ1v) is 10.5. The van der Waals surface area contributed by atoms with Crippen molar-refractivity contribution in [2.24, 2.45) is 0 Å². The lowest BCUT2D eigenvalue weighted by molar-refractivity contribution is -0.384. The highest BCUT2D eigenvalue weighted by Gasteiger charge is 2.41. The summed E-state index contributed by atoms with van der Waals surface area (Å²) in [5, 5.41) is 14.9. The van der Waals surface area contributed by atoms with Gasteiger partial charge in [-0.2, -0.15) is 0 Å². The summed E-state index contributed by atoms with van der Waals surface area (Å²) >= 11 is 6.38. The van der Waals surface area contributed by atoms with Crippen molar-refractivity contribution in [3.05, 3.63) is 97.3 Å². The van der Waals surface area contributed by atoms with Crippen LogP contribution in [0, 0.1) is 10.1 Å². The number of nitro benzene ring substituents is 1. The predicted octanol–water partition coefficient (Wildman–Crippen LogP) is 4.78. The first-order valence-electron chi connectivity index (χ1n) is 10.1. The number of carbonyl (C=O) groups excluding carboxylic acids is 2. The molecule has 0 spiro atoms. The number of carbonyl (C=O) groups is 2. The van der Waals surface area contributed by atoms with Crippen LogP contribution in [0.5, 0.6) is 0 Å². The Balaban J connectivity index is 1.81. The van der Waals surface area contributed by atoms with Crippen molar-refractivity contribution >= 4 is 29.0 Å². The average molecular weight is 453 g/mol. The molecule has 0 amide bonds. The van der Waals surface area contributed by atoms with Crippen LogP contribution in [-0.4, -0.2) is 23.8 Å². The molecule has 0 saturated heterocycles. The van der Waals surface area contributed by atoms with E-state index >= 15 is 0 Å². The second-order valence-corrected chi connectivity index (χ2v) is 8.29. The van der Waals surface area contributed by atoms with Gasteiger partial charge in [0.05, 0.1) is 17.6 Å². The SMILES string of the molecule is COC(=O)C1=C(C)NC2=C(C(=O)C[C@@H](c3ccccc3Cl)C2)[C@@H]1c1ccc([N+](=O)[O-])cc1. The number of hydrogen-bond acceptors (Lipinski definition) is 6. The number of non-ortho nitro benzene ring substituents is 1. The van der Waals surface area contributed by atoms with Crippen molar-refractivity contribution < 1.29 is 19.2 Å². The summed E-state index contributed by atoms with van der Waals surface area (Å²) in [6.45, 7) is 1.76. The topological polar surface area (TPSA) is 98.5 Å². The van der Waals surface area contributed by atoms with E-state index in [1.807, 2.05) is 18.2 Å². The minimum absolute atomic E-state index is 0.0639. The van der Waals surface area contributed by atoms with E-state index < -0.39 is 16.8 Å². The Morgan fingerprint density at radius 3 is 2.47 bits per heavy atom. The summed E-state index contributed by atoms with van der Waals surface area (Å²) in [5.41, 5.74) is 3.60. The average Bonchev–Trinajstić information content (AvgIpc) is 2.78. The van der Waals surface area contributed by atoms with Crippen molar-refractivity contribution in [2.45, 2.75) is 31.6 Å².